The molecule has 108 valence electrons. The van der Waals surface area contributed by atoms with Crippen molar-refractivity contribution in [2.24, 2.45) is 5.92 Å². The van der Waals surface area contributed by atoms with Crippen LogP contribution in [-0.2, 0) is 10.3 Å². The van der Waals surface area contributed by atoms with E-state index in [9.17, 15) is 4.79 Å². The summed E-state index contributed by atoms with van der Waals surface area (Å²) in [6.45, 7) is 6.53. The molecule has 20 heavy (non-hydrogen) atoms. The molecule has 0 heterocycles. The number of nitrogens with zero attached hydrogens (tertiary/aromatic N) is 1. The first-order valence-corrected chi connectivity index (χ1v) is 7.34. The van der Waals surface area contributed by atoms with Gasteiger partial charge < -0.3 is 5.32 Å². The fourth-order valence-electron chi connectivity index (χ4n) is 1.90. The highest BCUT2D eigenvalue weighted by Crippen LogP contribution is 2.29. The van der Waals surface area contributed by atoms with Gasteiger partial charge >= 0.3 is 0 Å². The summed E-state index contributed by atoms with van der Waals surface area (Å²) in [5.74, 6) is 0.142. The Labute approximate surface area is 128 Å². The fourth-order valence-corrected chi connectivity index (χ4v) is 2.16. The van der Waals surface area contributed by atoms with Crippen molar-refractivity contribution < 1.29 is 4.79 Å². The maximum Gasteiger partial charge on any atom is 0.234 e. The van der Waals surface area contributed by atoms with Gasteiger partial charge in [-0.2, -0.15) is 5.26 Å². The summed E-state index contributed by atoms with van der Waals surface area (Å²) >= 11 is 3.42. The number of nitrogens with one attached hydrogen (secondary N) is 2. The Morgan fingerprint density at radius 2 is 2.00 bits per heavy atom. The molecule has 0 aliphatic heterocycles. The van der Waals surface area contributed by atoms with E-state index in [1.165, 1.54) is 0 Å². The molecule has 1 atom stereocenters. The molecule has 1 aromatic rings. The van der Waals surface area contributed by atoms with Gasteiger partial charge in [0.2, 0.25) is 5.91 Å². The first-order chi connectivity index (χ1) is 9.40. The lowest BCUT2D eigenvalue weighted by atomic mass is 9.81. The second-order valence-electron chi connectivity index (χ2n) is 5.15. The van der Waals surface area contributed by atoms with Crippen LogP contribution in [0.5, 0.6) is 0 Å². The van der Waals surface area contributed by atoms with Crippen molar-refractivity contribution in [3.05, 3.63) is 34.3 Å². The van der Waals surface area contributed by atoms with Gasteiger partial charge in [-0.15, -0.1) is 0 Å². The maximum absolute atomic E-state index is 11.6. The van der Waals surface area contributed by atoms with E-state index in [1.54, 1.807) is 0 Å². The minimum absolute atomic E-state index is 0.0389. The summed E-state index contributed by atoms with van der Waals surface area (Å²) in [7, 11) is 0. The quantitative estimate of drug-likeness (QED) is 0.784. The normalized spacial score (nSPS) is 13.6. The number of hydrogen-bond donors (Lipinski definition) is 2. The molecule has 1 unspecified atom stereocenters. The van der Waals surface area contributed by atoms with Crippen LogP contribution in [0.25, 0.3) is 0 Å². The van der Waals surface area contributed by atoms with Gasteiger partial charge in [0.05, 0.1) is 12.6 Å². The number of carbonyl (C=O) groups is 1. The third-order valence-corrected chi connectivity index (χ3v) is 4.11. The van der Waals surface area contributed by atoms with Crippen molar-refractivity contribution in [2.45, 2.75) is 26.3 Å². The number of nitriles is 1. The second kappa shape index (κ2) is 7.41. The van der Waals surface area contributed by atoms with E-state index in [0.29, 0.717) is 5.92 Å². The molecule has 0 aliphatic carbocycles. The average molecular weight is 338 g/mol. The lowest BCUT2D eigenvalue weighted by Gasteiger charge is -2.35. The van der Waals surface area contributed by atoms with Crippen LogP contribution in [0.4, 0.5) is 0 Å². The van der Waals surface area contributed by atoms with Crippen LogP contribution in [-0.4, -0.2) is 19.0 Å². The van der Waals surface area contributed by atoms with E-state index in [1.807, 2.05) is 30.3 Å². The highest BCUT2D eigenvalue weighted by atomic mass is 79.9. The van der Waals surface area contributed by atoms with Crippen molar-refractivity contribution in [1.29, 1.82) is 5.26 Å². The lowest BCUT2D eigenvalue weighted by molar-refractivity contribution is -0.120. The zero-order chi connectivity index (χ0) is 15.2. The smallest absolute Gasteiger partial charge is 0.234 e. The molecule has 0 fully saturated rings. The van der Waals surface area contributed by atoms with Crippen LogP contribution < -0.4 is 10.6 Å². The summed E-state index contributed by atoms with van der Waals surface area (Å²) < 4.78 is 1.03. The average Bonchev–Trinajstić information content (AvgIpc) is 2.43. The predicted molar refractivity (Wildman–Crippen MR) is 83.0 cm³/mol. The van der Waals surface area contributed by atoms with Crippen molar-refractivity contribution in [2.75, 3.05) is 13.1 Å². The fraction of sp³-hybridized carbons (Fsp3) is 0.467. The van der Waals surface area contributed by atoms with Crippen molar-refractivity contribution in [1.82, 2.24) is 10.6 Å². The highest BCUT2D eigenvalue weighted by Gasteiger charge is 2.30. The number of rotatable bonds is 6. The van der Waals surface area contributed by atoms with Crippen molar-refractivity contribution in [3.63, 3.8) is 0 Å². The van der Waals surface area contributed by atoms with E-state index in [-0.39, 0.29) is 24.5 Å². The first-order valence-electron chi connectivity index (χ1n) is 6.55. The molecule has 5 heteroatoms. The number of benzene rings is 1. The Morgan fingerprint density at radius 1 is 1.40 bits per heavy atom. The molecule has 0 bridgehead atoms. The molecular weight excluding hydrogens is 318 g/mol. The molecular formula is C15H20BrN3O. The zero-order valence-corrected chi connectivity index (χ0v) is 13.6. The zero-order valence-electron chi connectivity index (χ0n) is 12.0. The number of hydrogen-bond acceptors (Lipinski definition) is 3. The summed E-state index contributed by atoms with van der Waals surface area (Å²) in [5.41, 5.74) is 0.828. The van der Waals surface area contributed by atoms with Gasteiger partial charge in [-0.05, 0) is 30.5 Å². The van der Waals surface area contributed by atoms with Crippen LogP contribution >= 0.6 is 15.9 Å². The molecule has 0 aliphatic rings. The van der Waals surface area contributed by atoms with E-state index < -0.39 is 0 Å². The minimum atomic E-state index is -0.301. The predicted octanol–water partition coefficient (Wildman–Crippen LogP) is 2.55. The summed E-state index contributed by atoms with van der Waals surface area (Å²) in [6, 6.07) is 9.97. The third-order valence-electron chi connectivity index (χ3n) is 3.58. The molecule has 1 rings (SSSR count). The van der Waals surface area contributed by atoms with E-state index >= 15 is 0 Å². The van der Waals surface area contributed by atoms with Gasteiger partial charge in [0.15, 0.2) is 0 Å². The van der Waals surface area contributed by atoms with Crippen molar-refractivity contribution in [3.8, 4) is 6.07 Å². The van der Waals surface area contributed by atoms with E-state index in [4.69, 9.17) is 5.26 Å². The molecule has 0 radical (unpaired) electrons. The van der Waals surface area contributed by atoms with Gasteiger partial charge in [-0.1, -0.05) is 41.9 Å². The number of carbonyl (C=O) groups excluding carboxylic acids is 1. The van der Waals surface area contributed by atoms with E-state index in [0.717, 1.165) is 10.0 Å². The largest absolute Gasteiger partial charge is 0.342 e. The molecule has 0 spiro atoms. The maximum atomic E-state index is 11.6. The van der Waals surface area contributed by atoms with Gasteiger partial charge in [0.25, 0.3) is 0 Å². The van der Waals surface area contributed by atoms with Crippen LogP contribution in [0, 0.1) is 17.2 Å². The van der Waals surface area contributed by atoms with Crippen LogP contribution in [0.3, 0.4) is 0 Å². The first kappa shape index (κ1) is 16.7. The summed E-state index contributed by atoms with van der Waals surface area (Å²) in [6.07, 6.45) is 0. The molecule has 0 aromatic heterocycles. The Balaban J connectivity index is 2.80. The second-order valence-corrected chi connectivity index (χ2v) is 6.07. The molecule has 4 nitrogen and oxygen atoms in total. The van der Waals surface area contributed by atoms with Crippen LogP contribution in [0.2, 0.25) is 0 Å². The van der Waals surface area contributed by atoms with Crippen molar-refractivity contribution >= 4 is 21.8 Å². The van der Waals surface area contributed by atoms with Crippen LogP contribution in [0.15, 0.2) is 28.7 Å². The van der Waals surface area contributed by atoms with Crippen LogP contribution in [0.1, 0.15) is 26.3 Å². The minimum Gasteiger partial charge on any atom is -0.342 e. The molecule has 0 saturated carbocycles. The molecule has 2 N–H and O–H groups in total. The summed E-state index contributed by atoms with van der Waals surface area (Å²) in [5, 5.41) is 14.3. The lowest BCUT2D eigenvalue weighted by Crippen LogP contribution is -2.48. The van der Waals surface area contributed by atoms with E-state index in [2.05, 4.69) is 47.3 Å². The number of halogens is 1. The molecule has 1 amide bonds. The van der Waals surface area contributed by atoms with Gasteiger partial charge in [-0.25, -0.2) is 0 Å². The van der Waals surface area contributed by atoms with Gasteiger partial charge in [-0.3, -0.25) is 10.1 Å². The topological polar surface area (TPSA) is 64.9 Å². The standard InChI is InChI=1S/C15H20BrN3O/c1-11(2)15(3,12-4-6-13(16)7-5-12)19-10-14(20)18-9-8-17/h4-7,11,19H,9-10H2,1-3H3,(H,18,20). The third kappa shape index (κ3) is 4.32. The summed E-state index contributed by atoms with van der Waals surface area (Å²) in [4.78, 5) is 11.6. The Morgan fingerprint density at radius 3 is 2.50 bits per heavy atom. The molecule has 0 saturated heterocycles. The highest BCUT2D eigenvalue weighted by molar-refractivity contribution is 9.10. The SMILES string of the molecule is CC(C)C(C)(NCC(=O)NCC#N)c1ccc(Br)cc1. The van der Waals surface area contributed by atoms with Gasteiger partial charge in [0, 0.05) is 10.0 Å². The monoisotopic (exact) mass is 337 g/mol. The van der Waals surface area contributed by atoms with Gasteiger partial charge in [0.1, 0.15) is 6.54 Å². The number of amides is 1. The Bertz CT molecular complexity index is 493. The molecule has 1 aromatic carbocycles. The Hall–Kier alpha value is -1.38. The Kier molecular flexibility index (Phi) is 6.18.